The second kappa shape index (κ2) is 6.84. The van der Waals surface area contributed by atoms with Gasteiger partial charge in [0.05, 0.1) is 5.75 Å². The maximum atomic E-state index is 12.3. The van der Waals surface area contributed by atoms with Gasteiger partial charge in [-0.1, -0.05) is 24.3 Å². The standard InChI is InChI=1S/C15H13F3O3S2/c1-11-7-8-13(9-14(11)22-10-15(16,17)18)23(19,20)21-12-5-3-2-4-6-12/h2-9H,10H2,1H3. The third-order valence-corrected chi connectivity index (χ3v) is 5.25. The molecule has 0 aliphatic carbocycles. The summed E-state index contributed by atoms with van der Waals surface area (Å²) in [7, 11) is -4.10. The second-order valence-electron chi connectivity index (χ2n) is 4.68. The Kier molecular flexibility index (Phi) is 5.26. The molecule has 0 aliphatic rings. The Labute approximate surface area is 136 Å². The van der Waals surface area contributed by atoms with E-state index in [-0.39, 0.29) is 15.5 Å². The van der Waals surface area contributed by atoms with Crippen LogP contribution < -0.4 is 4.18 Å². The van der Waals surface area contributed by atoms with E-state index in [0.717, 1.165) is 0 Å². The van der Waals surface area contributed by atoms with Crippen LogP contribution >= 0.6 is 11.8 Å². The van der Waals surface area contributed by atoms with E-state index < -0.39 is 22.0 Å². The monoisotopic (exact) mass is 362 g/mol. The number of para-hydroxylation sites is 1. The van der Waals surface area contributed by atoms with Crippen molar-refractivity contribution in [3.63, 3.8) is 0 Å². The molecule has 0 heterocycles. The van der Waals surface area contributed by atoms with E-state index in [0.29, 0.717) is 17.3 Å². The van der Waals surface area contributed by atoms with Crippen molar-refractivity contribution in [1.29, 1.82) is 0 Å². The third kappa shape index (κ3) is 5.18. The van der Waals surface area contributed by atoms with Gasteiger partial charge in [0.1, 0.15) is 10.6 Å². The van der Waals surface area contributed by atoms with E-state index in [9.17, 15) is 21.6 Å². The number of hydrogen-bond donors (Lipinski definition) is 0. The Hall–Kier alpha value is -1.67. The molecule has 0 aliphatic heterocycles. The number of aryl methyl sites for hydroxylation is 1. The fourth-order valence-electron chi connectivity index (χ4n) is 1.70. The van der Waals surface area contributed by atoms with Gasteiger partial charge in [0.2, 0.25) is 0 Å². The lowest BCUT2D eigenvalue weighted by molar-refractivity contribution is -0.105. The Morgan fingerprint density at radius 3 is 2.35 bits per heavy atom. The number of rotatable bonds is 5. The van der Waals surface area contributed by atoms with E-state index in [4.69, 9.17) is 4.18 Å². The summed E-state index contributed by atoms with van der Waals surface area (Å²) in [6.45, 7) is 1.62. The van der Waals surface area contributed by atoms with Crippen molar-refractivity contribution in [2.75, 3.05) is 5.75 Å². The fourth-order valence-corrected chi connectivity index (χ4v) is 3.56. The van der Waals surface area contributed by atoms with Crippen LogP contribution in [0.2, 0.25) is 0 Å². The van der Waals surface area contributed by atoms with E-state index in [1.54, 1.807) is 25.1 Å². The van der Waals surface area contributed by atoms with Gasteiger partial charge >= 0.3 is 16.3 Å². The number of thioether (sulfide) groups is 1. The lowest BCUT2D eigenvalue weighted by atomic mass is 10.2. The van der Waals surface area contributed by atoms with E-state index >= 15 is 0 Å². The minimum Gasteiger partial charge on any atom is -0.379 e. The topological polar surface area (TPSA) is 43.4 Å². The SMILES string of the molecule is Cc1ccc(S(=O)(=O)Oc2ccccc2)cc1SCC(F)(F)F. The second-order valence-corrected chi connectivity index (χ2v) is 7.25. The van der Waals surface area contributed by atoms with Gasteiger partial charge in [-0.15, -0.1) is 11.8 Å². The first-order valence-electron chi connectivity index (χ1n) is 6.47. The molecule has 0 atom stereocenters. The van der Waals surface area contributed by atoms with Gasteiger partial charge in [0.25, 0.3) is 0 Å². The van der Waals surface area contributed by atoms with Gasteiger partial charge in [-0.25, -0.2) is 0 Å². The normalized spacial score (nSPS) is 12.2. The van der Waals surface area contributed by atoms with Gasteiger partial charge in [0.15, 0.2) is 0 Å². The lowest BCUT2D eigenvalue weighted by Gasteiger charge is -2.11. The fraction of sp³-hybridized carbons (Fsp3) is 0.200. The summed E-state index contributed by atoms with van der Waals surface area (Å²) < 4.78 is 66.4. The van der Waals surface area contributed by atoms with Crippen LogP contribution in [0.3, 0.4) is 0 Å². The summed E-state index contributed by atoms with van der Waals surface area (Å²) >= 11 is 0.546. The van der Waals surface area contributed by atoms with Gasteiger partial charge in [-0.2, -0.15) is 21.6 Å². The highest BCUT2D eigenvalue weighted by atomic mass is 32.2. The van der Waals surface area contributed by atoms with Crippen molar-refractivity contribution in [3.05, 3.63) is 54.1 Å². The molecule has 3 nitrogen and oxygen atoms in total. The minimum atomic E-state index is -4.33. The predicted molar refractivity (Wildman–Crippen MR) is 82.2 cm³/mol. The van der Waals surface area contributed by atoms with Crippen LogP contribution in [0.1, 0.15) is 5.56 Å². The zero-order valence-electron chi connectivity index (χ0n) is 12.0. The first-order chi connectivity index (χ1) is 10.7. The van der Waals surface area contributed by atoms with Crippen molar-refractivity contribution in [2.45, 2.75) is 22.9 Å². The Morgan fingerprint density at radius 1 is 1.09 bits per heavy atom. The molecule has 0 radical (unpaired) electrons. The first-order valence-corrected chi connectivity index (χ1v) is 8.86. The molecule has 2 aromatic rings. The van der Waals surface area contributed by atoms with Crippen LogP contribution in [0.15, 0.2) is 58.3 Å². The van der Waals surface area contributed by atoms with E-state index in [1.165, 1.54) is 30.3 Å². The summed E-state index contributed by atoms with van der Waals surface area (Å²) in [4.78, 5) is 0.0664. The zero-order chi connectivity index (χ0) is 17.1. The zero-order valence-corrected chi connectivity index (χ0v) is 13.6. The summed E-state index contributed by atoms with van der Waals surface area (Å²) in [5, 5.41) is 0. The number of hydrogen-bond acceptors (Lipinski definition) is 4. The highest BCUT2D eigenvalue weighted by Gasteiger charge is 2.28. The molecule has 0 bridgehead atoms. The molecule has 8 heteroatoms. The molecular formula is C15H13F3O3S2. The Balaban J connectivity index is 2.25. The molecule has 23 heavy (non-hydrogen) atoms. The van der Waals surface area contributed by atoms with Gasteiger partial charge in [-0.3, -0.25) is 0 Å². The average molecular weight is 362 g/mol. The first kappa shape index (κ1) is 17.7. The van der Waals surface area contributed by atoms with Crippen molar-refractivity contribution in [2.24, 2.45) is 0 Å². The molecule has 124 valence electrons. The van der Waals surface area contributed by atoms with E-state index in [2.05, 4.69) is 0 Å². The predicted octanol–water partition coefficient (Wildman–Crippen LogP) is 4.42. The van der Waals surface area contributed by atoms with Crippen LogP contribution in [-0.2, 0) is 10.1 Å². The van der Waals surface area contributed by atoms with Crippen molar-refractivity contribution in [3.8, 4) is 5.75 Å². The minimum absolute atomic E-state index is 0.137. The molecule has 2 rings (SSSR count). The van der Waals surface area contributed by atoms with Gasteiger partial charge < -0.3 is 4.18 Å². The van der Waals surface area contributed by atoms with E-state index in [1.807, 2.05) is 0 Å². The highest BCUT2D eigenvalue weighted by Crippen LogP contribution is 2.31. The molecular weight excluding hydrogens is 349 g/mol. The number of alkyl halides is 3. The quantitative estimate of drug-likeness (QED) is 0.583. The number of benzene rings is 2. The smallest absolute Gasteiger partial charge is 0.379 e. The van der Waals surface area contributed by atoms with Crippen LogP contribution in [-0.4, -0.2) is 20.3 Å². The average Bonchev–Trinajstić information content (AvgIpc) is 2.46. The molecule has 0 aromatic heterocycles. The largest absolute Gasteiger partial charge is 0.398 e. The molecule has 0 spiro atoms. The molecule has 0 saturated carbocycles. The van der Waals surface area contributed by atoms with Gasteiger partial charge in [-0.05, 0) is 36.8 Å². The van der Waals surface area contributed by atoms with Crippen molar-refractivity contribution < 1.29 is 25.8 Å². The molecule has 0 amide bonds. The molecule has 0 fully saturated rings. The van der Waals surface area contributed by atoms with Crippen LogP contribution in [0, 0.1) is 6.92 Å². The summed E-state index contributed by atoms with van der Waals surface area (Å²) in [5.41, 5.74) is 0.568. The summed E-state index contributed by atoms with van der Waals surface area (Å²) in [6.07, 6.45) is -4.33. The Morgan fingerprint density at radius 2 is 1.74 bits per heavy atom. The maximum Gasteiger partial charge on any atom is 0.398 e. The van der Waals surface area contributed by atoms with Crippen molar-refractivity contribution in [1.82, 2.24) is 0 Å². The maximum absolute atomic E-state index is 12.3. The molecule has 0 N–H and O–H groups in total. The third-order valence-electron chi connectivity index (χ3n) is 2.79. The summed E-state index contributed by atoms with van der Waals surface area (Å²) in [6, 6.07) is 11.9. The molecule has 0 saturated heterocycles. The molecule has 0 unspecified atom stereocenters. The highest BCUT2D eigenvalue weighted by molar-refractivity contribution is 7.99. The van der Waals surface area contributed by atoms with Crippen LogP contribution in [0.4, 0.5) is 13.2 Å². The molecule has 2 aromatic carbocycles. The summed E-state index contributed by atoms with van der Waals surface area (Å²) in [5.74, 6) is -0.950. The lowest BCUT2D eigenvalue weighted by Crippen LogP contribution is -2.12. The Bertz CT molecular complexity index is 772. The van der Waals surface area contributed by atoms with Crippen LogP contribution in [0.5, 0.6) is 5.75 Å². The van der Waals surface area contributed by atoms with Gasteiger partial charge in [0, 0.05) is 4.90 Å². The van der Waals surface area contributed by atoms with Crippen LogP contribution in [0.25, 0.3) is 0 Å². The number of halogens is 3. The van der Waals surface area contributed by atoms with Crippen molar-refractivity contribution >= 4 is 21.9 Å².